The molecule has 2 amide bonds. The molecule has 2 aliphatic rings. The summed E-state index contributed by atoms with van der Waals surface area (Å²) < 4.78 is 46.3. The minimum Gasteiger partial charge on any atom is -0.474 e. The normalized spacial score (nSPS) is 18.8. The highest BCUT2D eigenvalue weighted by atomic mass is 19.3. The number of ether oxygens (including phenoxy) is 3. The van der Waals surface area contributed by atoms with Gasteiger partial charge in [0.1, 0.15) is 17.7 Å². The average Bonchev–Trinajstić information content (AvgIpc) is 3.42. The summed E-state index contributed by atoms with van der Waals surface area (Å²) in [6.07, 6.45) is -1.67. The maximum Gasteiger partial charge on any atom is 0.409 e. The van der Waals surface area contributed by atoms with Crippen molar-refractivity contribution in [1.82, 2.24) is 19.5 Å². The standard InChI is InChI=1S/C30H31F2N7O5/c31-26(32)27-35-22-6-1-2-7-23(22)39(27)24-17-25(37-30(36-24)38-12-14-42-15-13-38)43-20-10-8-18(9-11-20)28(40)34-19-4-3-5-21(16-19)44-29(33)41/h1-7,16-18,20,26H,8-15H2,(H2,33,41)(H,34,40)/t18-,20-. The van der Waals surface area contributed by atoms with Crippen LogP contribution in [0.1, 0.15) is 37.9 Å². The number of carbonyl (C=O) groups is 2. The van der Waals surface area contributed by atoms with Crippen molar-refractivity contribution in [2.75, 3.05) is 36.5 Å². The van der Waals surface area contributed by atoms with Crippen LogP contribution in [0.2, 0.25) is 0 Å². The van der Waals surface area contributed by atoms with E-state index in [0.717, 1.165) is 0 Å². The number of imidazole rings is 1. The predicted octanol–water partition coefficient (Wildman–Crippen LogP) is 4.62. The van der Waals surface area contributed by atoms with Gasteiger partial charge in [-0.05, 0) is 49.9 Å². The van der Waals surface area contributed by atoms with Gasteiger partial charge in [-0.2, -0.15) is 9.97 Å². The molecule has 1 aliphatic heterocycles. The fraction of sp³-hybridized carbons (Fsp3) is 0.367. The highest BCUT2D eigenvalue weighted by Gasteiger charge is 2.29. The van der Waals surface area contributed by atoms with Gasteiger partial charge in [-0.3, -0.25) is 9.36 Å². The molecular formula is C30H31F2N7O5. The zero-order chi connectivity index (χ0) is 30.6. The van der Waals surface area contributed by atoms with E-state index in [1.165, 1.54) is 10.6 Å². The van der Waals surface area contributed by atoms with E-state index >= 15 is 0 Å². The van der Waals surface area contributed by atoms with Gasteiger partial charge in [0.05, 0.1) is 24.2 Å². The van der Waals surface area contributed by atoms with Crippen LogP contribution < -0.4 is 25.4 Å². The van der Waals surface area contributed by atoms with E-state index in [1.807, 2.05) is 4.90 Å². The number of amides is 2. The lowest BCUT2D eigenvalue weighted by molar-refractivity contribution is -0.121. The quantitative estimate of drug-likeness (QED) is 0.293. The molecule has 0 atom stereocenters. The number of carbonyl (C=O) groups excluding carboxylic acids is 2. The van der Waals surface area contributed by atoms with Crippen LogP contribution in [-0.4, -0.2) is 63.9 Å². The molecule has 2 aromatic carbocycles. The number of primary amides is 1. The Hall–Kier alpha value is -4.85. The smallest absolute Gasteiger partial charge is 0.409 e. The van der Waals surface area contributed by atoms with Crippen molar-refractivity contribution >= 4 is 34.7 Å². The van der Waals surface area contributed by atoms with Gasteiger partial charge in [0.2, 0.25) is 17.7 Å². The largest absolute Gasteiger partial charge is 0.474 e. The van der Waals surface area contributed by atoms with E-state index in [9.17, 15) is 18.4 Å². The van der Waals surface area contributed by atoms with Gasteiger partial charge in [0.25, 0.3) is 6.43 Å². The van der Waals surface area contributed by atoms with Crippen molar-refractivity contribution in [1.29, 1.82) is 0 Å². The van der Waals surface area contributed by atoms with Crippen molar-refractivity contribution in [3.63, 3.8) is 0 Å². The van der Waals surface area contributed by atoms with E-state index in [2.05, 4.69) is 20.3 Å². The van der Waals surface area contributed by atoms with Crippen molar-refractivity contribution in [3.05, 3.63) is 60.4 Å². The minimum absolute atomic E-state index is 0.148. The number of fused-ring (bicyclic) bond motifs is 1. The number of hydrogen-bond acceptors (Lipinski definition) is 9. The van der Waals surface area contributed by atoms with Crippen LogP contribution in [0.5, 0.6) is 11.6 Å². The van der Waals surface area contributed by atoms with Crippen LogP contribution in [0.25, 0.3) is 16.9 Å². The van der Waals surface area contributed by atoms with E-state index in [4.69, 9.17) is 19.9 Å². The number of halogens is 2. The molecule has 1 saturated carbocycles. The molecule has 1 aliphatic carbocycles. The Labute approximate surface area is 251 Å². The summed E-state index contributed by atoms with van der Waals surface area (Å²) >= 11 is 0. The monoisotopic (exact) mass is 607 g/mol. The Morgan fingerprint density at radius 1 is 0.977 bits per heavy atom. The molecule has 230 valence electrons. The number of nitrogens with zero attached hydrogens (tertiary/aromatic N) is 5. The van der Waals surface area contributed by atoms with Crippen LogP contribution in [0, 0.1) is 5.92 Å². The molecule has 12 nitrogen and oxygen atoms in total. The van der Waals surface area contributed by atoms with Crippen molar-refractivity contribution in [2.24, 2.45) is 11.7 Å². The molecule has 6 rings (SSSR count). The van der Waals surface area contributed by atoms with E-state index in [-0.39, 0.29) is 35.4 Å². The summed E-state index contributed by atoms with van der Waals surface area (Å²) in [6.45, 7) is 2.09. The number of benzene rings is 2. The van der Waals surface area contributed by atoms with Crippen molar-refractivity contribution in [2.45, 2.75) is 38.2 Å². The molecule has 0 spiro atoms. The first-order chi connectivity index (χ1) is 21.3. The van der Waals surface area contributed by atoms with Crippen LogP contribution >= 0.6 is 0 Å². The number of rotatable bonds is 8. The van der Waals surface area contributed by atoms with Crippen LogP contribution in [-0.2, 0) is 9.53 Å². The summed E-state index contributed by atoms with van der Waals surface area (Å²) in [7, 11) is 0. The SMILES string of the molecule is NC(=O)Oc1cccc(NC(=O)[C@H]2CC[C@H](Oc3cc(-n4c(C(F)F)nc5ccccc54)nc(N4CCOCC4)n3)CC2)c1. The molecule has 1 saturated heterocycles. The highest BCUT2D eigenvalue weighted by Crippen LogP contribution is 2.32. The number of alkyl halides is 2. The number of para-hydroxylation sites is 2. The van der Waals surface area contributed by atoms with Gasteiger partial charge in [0.15, 0.2) is 5.82 Å². The summed E-state index contributed by atoms with van der Waals surface area (Å²) in [6, 6.07) is 14.9. The van der Waals surface area contributed by atoms with Gasteiger partial charge in [-0.1, -0.05) is 18.2 Å². The molecule has 2 aromatic heterocycles. The summed E-state index contributed by atoms with van der Waals surface area (Å²) in [5.41, 5.74) is 6.49. The molecular weight excluding hydrogens is 576 g/mol. The Kier molecular flexibility index (Phi) is 8.50. The maximum absolute atomic E-state index is 14.1. The minimum atomic E-state index is -2.83. The Balaban J connectivity index is 1.19. The third-order valence-corrected chi connectivity index (χ3v) is 7.63. The zero-order valence-corrected chi connectivity index (χ0v) is 23.7. The lowest BCUT2D eigenvalue weighted by Crippen LogP contribution is -2.37. The second-order valence-corrected chi connectivity index (χ2v) is 10.6. The number of nitrogens with two attached hydrogens (primary N) is 1. The molecule has 0 bridgehead atoms. The molecule has 44 heavy (non-hydrogen) atoms. The van der Waals surface area contributed by atoms with E-state index < -0.39 is 18.3 Å². The fourth-order valence-corrected chi connectivity index (χ4v) is 5.52. The second-order valence-electron chi connectivity index (χ2n) is 10.6. The van der Waals surface area contributed by atoms with E-state index in [1.54, 1.807) is 48.5 Å². The van der Waals surface area contributed by atoms with Gasteiger partial charge in [-0.25, -0.2) is 18.6 Å². The molecule has 0 unspecified atom stereocenters. The lowest BCUT2D eigenvalue weighted by atomic mass is 9.86. The second kappa shape index (κ2) is 12.8. The first kappa shape index (κ1) is 29.2. The Bertz CT molecular complexity index is 1650. The van der Waals surface area contributed by atoms with Crippen molar-refractivity contribution < 1.29 is 32.6 Å². The van der Waals surface area contributed by atoms with Gasteiger partial charge in [0, 0.05) is 36.8 Å². The molecule has 3 N–H and O–H groups in total. The first-order valence-corrected chi connectivity index (χ1v) is 14.4. The Morgan fingerprint density at radius 3 is 2.50 bits per heavy atom. The first-order valence-electron chi connectivity index (χ1n) is 14.4. The van der Waals surface area contributed by atoms with E-state index in [0.29, 0.717) is 74.7 Å². The zero-order valence-electron chi connectivity index (χ0n) is 23.7. The summed E-state index contributed by atoms with van der Waals surface area (Å²) in [4.78, 5) is 39.4. The molecule has 2 fully saturated rings. The number of hydrogen-bond donors (Lipinski definition) is 2. The number of nitrogens with one attached hydrogen (secondary N) is 1. The average molecular weight is 608 g/mol. The lowest BCUT2D eigenvalue weighted by Gasteiger charge is -2.29. The molecule has 0 radical (unpaired) electrons. The van der Waals surface area contributed by atoms with Gasteiger partial charge < -0.3 is 30.2 Å². The summed E-state index contributed by atoms with van der Waals surface area (Å²) in [5.74, 6) is 0.273. The Morgan fingerprint density at radius 2 is 1.75 bits per heavy atom. The number of morpholine rings is 1. The third-order valence-electron chi connectivity index (χ3n) is 7.63. The maximum atomic E-state index is 14.1. The van der Waals surface area contributed by atoms with Crippen LogP contribution in [0.15, 0.2) is 54.6 Å². The number of aromatic nitrogens is 4. The molecule has 14 heteroatoms. The van der Waals surface area contributed by atoms with Crippen LogP contribution in [0.3, 0.4) is 0 Å². The van der Waals surface area contributed by atoms with Gasteiger partial charge >= 0.3 is 6.09 Å². The third kappa shape index (κ3) is 6.54. The summed E-state index contributed by atoms with van der Waals surface area (Å²) in [5, 5.41) is 2.87. The predicted molar refractivity (Wildman–Crippen MR) is 156 cm³/mol. The fourth-order valence-electron chi connectivity index (χ4n) is 5.52. The topological polar surface area (TPSA) is 147 Å². The van der Waals surface area contributed by atoms with Crippen LogP contribution in [0.4, 0.5) is 25.2 Å². The van der Waals surface area contributed by atoms with Gasteiger partial charge in [-0.15, -0.1) is 0 Å². The molecule has 4 aromatic rings. The van der Waals surface area contributed by atoms with Crippen molar-refractivity contribution in [3.8, 4) is 17.4 Å². The molecule has 3 heterocycles. The number of anilines is 2. The highest BCUT2D eigenvalue weighted by molar-refractivity contribution is 5.92.